The van der Waals surface area contributed by atoms with E-state index in [-0.39, 0.29) is 23.4 Å². The Labute approximate surface area is 173 Å². The van der Waals surface area contributed by atoms with Crippen LogP contribution in [0.3, 0.4) is 0 Å². The van der Waals surface area contributed by atoms with E-state index in [0.29, 0.717) is 5.69 Å². The number of amides is 1. The molecule has 2 aromatic carbocycles. The molecular weight excluding hydrogens is 386 g/mol. The molecule has 6 nitrogen and oxygen atoms in total. The molecule has 1 amide bonds. The lowest BCUT2D eigenvalue weighted by molar-refractivity contribution is -0.117. The summed E-state index contributed by atoms with van der Waals surface area (Å²) in [5, 5.41) is 2.94. The van der Waals surface area contributed by atoms with E-state index >= 15 is 0 Å². The van der Waals surface area contributed by atoms with Crippen LogP contribution in [0.1, 0.15) is 35.6 Å². The number of nitrogens with one attached hydrogen (secondary N) is 1. The minimum absolute atomic E-state index is 0.130. The van der Waals surface area contributed by atoms with E-state index in [0.717, 1.165) is 30.5 Å². The molecule has 1 saturated heterocycles. The Balaban J connectivity index is 1.78. The van der Waals surface area contributed by atoms with E-state index in [1.165, 1.54) is 24.0 Å². The molecule has 2 aromatic rings. The van der Waals surface area contributed by atoms with Crippen molar-refractivity contribution in [3.05, 3.63) is 59.2 Å². The number of rotatable bonds is 6. The average Bonchev–Trinajstić information content (AvgIpc) is 3.13. The standard InChI is InChI=1S/C22H29N3O3S/c1-16-13-19(29(27,28)24(3)4)14-20(17(16)2)23-22(26)15-25-12-8-11-21(25)18-9-6-5-7-10-18/h5-7,9-10,13-14,21H,8,11-12,15H2,1-4H3,(H,23,26)/t21-/m1/s1. The summed E-state index contributed by atoms with van der Waals surface area (Å²) >= 11 is 0. The summed E-state index contributed by atoms with van der Waals surface area (Å²) < 4.78 is 26.2. The van der Waals surface area contributed by atoms with Gasteiger partial charge in [-0.2, -0.15) is 0 Å². The molecule has 0 aliphatic carbocycles. The molecule has 156 valence electrons. The van der Waals surface area contributed by atoms with E-state index in [1.807, 2.05) is 32.0 Å². The SMILES string of the molecule is Cc1cc(S(=O)(=O)N(C)C)cc(NC(=O)CN2CCC[C@@H]2c2ccccc2)c1C. The monoisotopic (exact) mass is 415 g/mol. The number of carbonyl (C=O) groups is 1. The second-order valence-corrected chi connectivity index (χ2v) is 9.94. The first-order chi connectivity index (χ1) is 13.7. The van der Waals surface area contributed by atoms with Gasteiger partial charge in [-0.15, -0.1) is 0 Å². The number of carbonyl (C=O) groups excluding carboxylic acids is 1. The van der Waals surface area contributed by atoms with Crippen molar-refractivity contribution < 1.29 is 13.2 Å². The molecule has 7 heteroatoms. The number of likely N-dealkylation sites (tertiary alicyclic amines) is 1. The fourth-order valence-electron chi connectivity index (χ4n) is 3.76. The Morgan fingerprint density at radius 2 is 1.86 bits per heavy atom. The molecule has 0 bridgehead atoms. The van der Waals surface area contributed by atoms with Crippen LogP contribution in [0.5, 0.6) is 0 Å². The summed E-state index contributed by atoms with van der Waals surface area (Å²) in [5.41, 5.74) is 3.47. The molecule has 1 heterocycles. The molecule has 1 fully saturated rings. The van der Waals surface area contributed by atoms with Crippen molar-refractivity contribution in [3.63, 3.8) is 0 Å². The second-order valence-electron chi connectivity index (χ2n) is 7.79. The highest BCUT2D eigenvalue weighted by Crippen LogP contribution is 2.31. The third-order valence-electron chi connectivity index (χ3n) is 5.59. The molecule has 0 unspecified atom stereocenters. The highest BCUT2D eigenvalue weighted by Gasteiger charge is 2.28. The number of sulfonamides is 1. The molecule has 29 heavy (non-hydrogen) atoms. The Morgan fingerprint density at radius 1 is 1.17 bits per heavy atom. The lowest BCUT2D eigenvalue weighted by Crippen LogP contribution is -2.33. The van der Waals surface area contributed by atoms with Gasteiger partial charge in [0.2, 0.25) is 15.9 Å². The van der Waals surface area contributed by atoms with Crippen LogP contribution in [0.25, 0.3) is 0 Å². The summed E-state index contributed by atoms with van der Waals surface area (Å²) in [4.78, 5) is 15.2. The largest absolute Gasteiger partial charge is 0.325 e. The Morgan fingerprint density at radius 3 is 2.52 bits per heavy atom. The first-order valence-electron chi connectivity index (χ1n) is 9.83. The van der Waals surface area contributed by atoms with Crippen molar-refractivity contribution in [2.45, 2.75) is 37.6 Å². The van der Waals surface area contributed by atoms with Crippen LogP contribution in [0.2, 0.25) is 0 Å². The summed E-state index contributed by atoms with van der Waals surface area (Å²) in [6.45, 7) is 4.90. The fourth-order valence-corrected chi connectivity index (χ4v) is 4.77. The smallest absolute Gasteiger partial charge is 0.242 e. The molecule has 0 radical (unpaired) electrons. The molecule has 1 atom stereocenters. The van der Waals surface area contributed by atoms with Gasteiger partial charge in [-0.1, -0.05) is 30.3 Å². The van der Waals surface area contributed by atoms with Crippen molar-refractivity contribution in [1.82, 2.24) is 9.21 Å². The quantitative estimate of drug-likeness (QED) is 0.786. The number of aryl methyl sites for hydroxylation is 1. The first-order valence-corrected chi connectivity index (χ1v) is 11.3. The maximum Gasteiger partial charge on any atom is 0.242 e. The third kappa shape index (κ3) is 4.69. The molecule has 1 aliphatic heterocycles. The maximum absolute atomic E-state index is 12.8. The van der Waals surface area contributed by atoms with Gasteiger partial charge in [-0.3, -0.25) is 9.69 Å². The van der Waals surface area contributed by atoms with Crippen molar-refractivity contribution in [2.24, 2.45) is 0 Å². The van der Waals surface area contributed by atoms with Gasteiger partial charge in [0.15, 0.2) is 0 Å². The topological polar surface area (TPSA) is 69.7 Å². The van der Waals surface area contributed by atoms with Gasteiger partial charge >= 0.3 is 0 Å². The molecular formula is C22H29N3O3S. The second kappa shape index (κ2) is 8.65. The van der Waals surface area contributed by atoms with Gasteiger partial charge in [0.05, 0.1) is 11.4 Å². The van der Waals surface area contributed by atoms with Crippen molar-refractivity contribution in [3.8, 4) is 0 Å². The molecule has 1 N–H and O–H groups in total. The molecule has 0 spiro atoms. The number of hydrogen-bond donors (Lipinski definition) is 1. The normalized spacial score (nSPS) is 17.6. The zero-order valence-corrected chi connectivity index (χ0v) is 18.3. The lowest BCUT2D eigenvalue weighted by atomic mass is 10.0. The van der Waals surface area contributed by atoms with Crippen LogP contribution in [0.15, 0.2) is 47.4 Å². The summed E-state index contributed by atoms with van der Waals surface area (Å²) in [7, 11) is -0.570. The van der Waals surface area contributed by atoms with E-state index in [1.54, 1.807) is 12.1 Å². The number of benzene rings is 2. The Hall–Kier alpha value is -2.22. The van der Waals surface area contributed by atoms with Crippen LogP contribution in [-0.4, -0.2) is 50.7 Å². The van der Waals surface area contributed by atoms with E-state index in [2.05, 4.69) is 22.3 Å². The number of anilines is 1. The minimum Gasteiger partial charge on any atom is -0.325 e. The summed E-state index contributed by atoms with van der Waals surface area (Å²) in [6.07, 6.45) is 2.09. The van der Waals surface area contributed by atoms with E-state index in [9.17, 15) is 13.2 Å². The molecule has 1 aliphatic rings. The first kappa shape index (κ1) is 21.5. The zero-order valence-electron chi connectivity index (χ0n) is 17.5. The van der Waals surface area contributed by atoms with Crippen LogP contribution < -0.4 is 5.32 Å². The van der Waals surface area contributed by atoms with Gasteiger partial charge in [-0.05, 0) is 62.1 Å². The van der Waals surface area contributed by atoms with Crippen LogP contribution in [0, 0.1) is 13.8 Å². The van der Waals surface area contributed by atoms with Crippen molar-refractivity contribution in [2.75, 3.05) is 32.5 Å². The molecule has 0 aromatic heterocycles. The van der Waals surface area contributed by atoms with Gasteiger partial charge in [0.25, 0.3) is 0 Å². The molecule has 3 rings (SSSR count). The number of hydrogen-bond acceptors (Lipinski definition) is 4. The summed E-state index contributed by atoms with van der Waals surface area (Å²) in [6, 6.07) is 13.7. The predicted octanol–water partition coefficient (Wildman–Crippen LogP) is 3.33. The minimum atomic E-state index is -3.57. The third-order valence-corrected chi connectivity index (χ3v) is 7.38. The van der Waals surface area contributed by atoms with E-state index < -0.39 is 10.0 Å². The van der Waals surface area contributed by atoms with Crippen molar-refractivity contribution >= 4 is 21.6 Å². The Bertz CT molecular complexity index is 988. The highest BCUT2D eigenvalue weighted by molar-refractivity contribution is 7.89. The Kier molecular flexibility index (Phi) is 6.41. The summed E-state index contributed by atoms with van der Waals surface area (Å²) in [5.74, 6) is -0.130. The predicted molar refractivity (Wildman–Crippen MR) is 115 cm³/mol. The molecule has 0 saturated carbocycles. The van der Waals surface area contributed by atoms with E-state index in [4.69, 9.17) is 0 Å². The highest BCUT2D eigenvalue weighted by atomic mass is 32.2. The zero-order chi connectivity index (χ0) is 21.2. The van der Waals surface area contributed by atoms with Gasteiger partial charge in [-0.25, -0.2) is 12.7 Å². The maximum atomic E-state index is 12.8. The van der Waals surface area contributed by atoms with Crippen LogP contribution in [-0.2, 0) is 14.8 Å². The van der Waals surface area contributed by atoms with Gasteiger partial charge in [0, 0.05) is 25.8 Å². The van der Waals surface area contributed by atoms with Crippen LogP contribution >= 0.6 is 0 Å². The van der Waals surface area contributed by atoms with Crippen LogP contribution in [0.4, 0.5) is 5.69 Å². The number of nitrogens with zero attached hydrogens (tertiary/aromatic N) is 2. The van der Waals surface area contributed by atoms with Gasteiger partial charge in [0.1, 0.15) is 0 Å². The average molecular weight is 416 g/mol. The fraction of sp³-hybridized carbons (Fsp3) is 0.409. The lowest BCUT2D eigenvalue weighted by Gasteiger charge is -2.24. The van der Waals surface area contributed by atoms with Crippen molar-refractivity contribution in [1.29, 1.82) is 0 Å². The van der Waals surface area contributed by atoms with Gasteiger partial charge < -0.3 is 5.32 Å².